The summed E-state index contributed by atoms with van der Waals surface area (Å²) in [5.41, 5.74) is 4.65. The van der Waals surface area contributed by atoms with Gasteiger partial charge in [0.1, 0.15) is 5.69 Å². The molecule has 1 N–H and O–H groups in total. The minimum atomic E-state index is -3.27. The lowest BCUT2D eigenvalue weighted by molar-refractivity contribution is 0.0940. The van der Waals surface area contributed by atoms with Gasteiger partial charge in [0.2, 0.25) is 0 Å². The molecular weight excluding hydrogens is 434 g/mol. The lowest BCUT2D eigenvalue weighted by atomic mass is 10.0. The van der Waals surface area contributed by atoms with Gasteiger partial charge < -0.3 is 5.32 Å². The van der Waals surface area contributed by atoms with Gasteiger partial charge in [0.05, 0.1) is 22.2 Å². The van der Waals surface area contributed by atoms with Crippen molar-refractivity contribution in [1.29, 1.82) is 0 Å². The zero-order chi connectivity index (χ0) is 23.6. The zero-order valence-corrected chi connectivity index (χ0v) is 19.5. The SMILES string of the molecule is Cc1ccccc1-c1nn(-c2ccccc2)cc1C(=O)NC(C)c1ccc(S(C)(=O)=O)cc1. The van der Waals surface area contributed by atoms with Gasteiger partial charge in [-0.25, -0.2) is 13.1 Å². The fraction of sp³-hybridized carbons (Fsp3) is 0.154. The predicted octanol–water partition coefficient (Wildman–Crippen LogP) is 4.74. The van der Waals surface area contributed by atoms with Crippen LogP contribution in [-0.4, -0.2) is 30.4 Å². The number of nitrogens with one attached hydrogen (secondary N) is 1. The van der Waals surface area contributed by atoms with Crippen LogP contribution in [0.1, 0.15) is 34.5 Å². The molecule has 6 nitrogen and oxygen atoms in total. The van der Waals surface area contributed by atoms with E-state index in [-0.39, 0.29) is 16.8 Å². The predicted molar refractivity (Wildman–Crippen MR) is 129 cm³/mol. The maximum atomic E-state index is 13.3. The van der Waals surface area contributed by atoms with Crippen molar-refractivity contribution < 1.29 is 13.2 Å². The van der Waals surface area contributed by atoms with Gasteiger partial charge in [-0.1, -0.05) is 54.6 Å². The van der Waals surface area contributed by atoms with Gasteiger partial charge in [0.15, 0.2) is 9.84 Å². The monoisotopic (exact) mass is 459 g/mol. The van der Waals surface area contributed by atoms with Gasteiger partial charge in [-0.2, -0.15) is 5.10 Å². The molecule has 0 spiro atoms. The molecule has 33 heavy (non-hydrogen) atoms. The average Bonchev–Trinajstić information content (AvgIpc) is 3.25. The molecule has 1 heterocycles. The third kappa shape index (κ3) is 4.88. The second-order valence-corrected chi connectivity index (χ2v) is 10.0. The number of aryl methyl sites for hydroxylation is 1. The van der Waals surface area contributed by atoms with Crippen molar-refractivity contribution in [2.24, 2.45) is 0 Å². The first-order valence-electron chi connectivity index (χ1n) is 10.6. The molecule has 0 fully saturated rings. The first kappa shape index (κ1) is 22.5. The molecule has 1 aromatic heterocycles. The van der Waals surface area contributed by atoms with Crippen LogP contribution in [0.3, 0.4) is 0 Å². The van der Waals surface area contributed by atoms with Crippen LogP contribution in [0.2, 0.25) is 0 Å². The summed E-state index contributed by atoms with van der Waals surface area (Å²) in [4.78, 5) is 13.6. The Balaban J connectivity index is 1.68. The molecule has 0 saturated carbocycles. The molecule has 1 atom stereocenters. The molecule has 0 aliphatic carbocycles. The van der Waals surface area contributed by atoms with Crippen molar-refractivity contribution in [3.8, 4) is 16.9 Å². The molecule has 4 rings (SSSR count). The number of para-hydroxylation sites is 1. The van der Waals surface area contributed by atoms with Gasteiger partial charge in [-0.05, 0) is 49.2 Å². The molecule has 7 heteroatoms. The van der Waals surface area contributed by atoms with Crippen molar-refractivity contribution >= 4 is 15.7 Å². The standard InChI is InChI=1S/C26H25N3O3S/c1-18-9-7-8-12-23(18)25-24(17-29(28-25)21-10-5-4-6-11-21)26(30)27-19(2)20-13-15-22(16-14-20)33(3,31)32/h4-17,19H,1-3H3,(H,27,30). The Labute approximate surface area is 193 Å². The second kappa shape index (κ2) is 9.03. The normalized spacial score (nSPS) is 12.3. The number of carbonyl (C=O) groups is 1. The average molecular weight is 460 g/mol. The molecule has 0 bridgehead atoms. The van der Waals surface area contributed by atoms with Gasteiger partial charge >= 0.3 is 0 Å². The lowest BCUT2D eigenvalue weighted by Crippen LogP contribution is -2.26. The molecule has 3 aromatic carbocycles. The highest BCUT2D eigenvalue weighted by atomic mass is 32.2. The summed E-state index contributed by atoms with van der Waals surface area (Å²) >= 11 is 0. The number of aromatic nitrogens is 2. The Morgan fingerprint density at radius 3 is 2.21 bits per heavy atom. The first-order chi connectivity index (χ1) is 15.7. The number of sulfone groups is 1. The number of amides is 1. The molecule has 168 valence electrons. The van der Waals surface area contributed by atoms with E-state index >= 15 is 0 Å². The molecule has 0 aliphatic heterocycles. The van der Waals surface area contributed by atoms with Gasteiger partial charge in [-0.3, -0.25) is 4.79 Å². The van der Waals surface area contributed by atoms with Crippen LogP contribution < -0.4 is 5.32 Å². The van der Waals surface area contributed by atoms with E-state index in [9.17, 15) is 13.2 Å². The summed E-state index contributed by atoms with van der Waals surface area (Å²) in [5.74, 6) is -0.255. The Kier molecular flexibility index (Phi) is 6.16. The van der Waals surface area contributed by atoms with E-state index in [1.807, 2.05) is 68.4 Å². The van der Waals surface area contributed by atoms with Crippen molar-refractivity contribution in [2.75, 3.05) is 6.26 Å². The highest BCUT2D eigenvalue weighted by molar-refractivity contribution is 7.90. The van der Waals surface area contributed by atoms with Gasteiger partial charge in [-0.15, -0.1) is 0 Å². The third-order valence-corrected chi connectivity index (χ3v) is 6.66. The maximum Gasteiger partial charge on any atom is 0.255 e. The van der Waals surface area contributed by atoms with Crippen molar-refractivity contribution in [2.45, 2.75) is 24.8 Å². The van der Waals surface area contributed by atoms with Crippen LogP contribution in [0, 0.1) is 6.92 Å². The smallest absolute Gasteiger partial charge is 0.255 e. The van der Waals surface area contributed by atoms with Crippen molar-refractivity contribution in [3.63, 3.8) is 0 Å². The molecule has 0 saturated heterocycles. The van der Waals surface area contributed by atoms with E-state index in [4.69, 9.17) is 5.10 Å². The number of hydrogen-bond acceptors (Lipinski definition) is 4. The fourth-order valence-corrected chi connectivity index (χ4v) is 4.28. The zero-order valence-electron chi connectivity index (χ0n) is 18.7. The third-order valence-electron chi connectivity index (χ3n) is 5.54. The topological polar surface area (TPSA) is 81.1 Å². The van der Waals surface area contributed by atoms with Crippen LogP contribution in [0.5, 0.6) is 0 Å². The number of nitrogens with zero attached hydrogens (tertiary/aromatic N) is 2. The number of rotatable bonds is 6. The second-order valence-electron chi connectivity index (χ2n) is 8.02. The maximum absolute atomic E-state index is 13.3. The van der Waals surface area contributed by atoms with Crippen LogP contribution in [0.4, 0.5) is 0 Å². The number of carbonyl (C=O) groups excluding carboxylic acids is 1. The molecule has 4 aromatic rings. The summed E-state index contributed by atoms with van der Waals surface area (Å²) in [7, 11) is -3.27. The van der Waals surface area contributed by atoms with Crippen molar-refractivity contribution in [3.05, 3.63) is 102 Å². The lowest BCUT2D eigenvalue weighted by Gasteiger charge is -2.15. The highest BCUT2D eigenvalue weighted by Crippen LogP contribution is 2.27. The van der Waals surface area contributed by atoms with Crippen LogP contribution in [-0.2, 0) is 9.84 Å². The summed E-state index contributed by atoms with van der Waals surface area (Å²) in [6.45, 7) is 3.85. The van der Waals surface area contributed by atoms with Crippen LogP contribution in [0.25, 0.3) is 16.9 Å². The van der Waals surface area contributed by atoms with Crippen molar-refractivity contribution in [1.82, 2.24) is 15.1 Å². The Morgan fingerprint density at radius 2 is 1.58 bits per heavy atom. The highest BCUT2D eigenvalue weighted by Gasteiger charge is 2.21. The van der Waals surface area contributed by atoms with Crippen LogP contribution >= 0.6 is 0 Å². The fourth-order valence-electron chi connectivity index (χ4n) is 3.65. The Hall–Kier alpha value is -3.71. The minimum Gasteiger partial charge on any atom is -0.345 e. The Morgan fingerprint density at radius 1 is 0.939 bits per heavy atom. The van der Waals surface area contributed by atoms with E-state index < -0.39 is 9.84 Å². The molecule has 1 amide bonds. The summed E-state index contributed by atoms with van der Waals surface area (Å²) in [6, 6.07) is 23.7. The molecule has 1 unspecified atom stereocenters. The molecular formula is C26H25N3O3S. The van der Waals surface area contributed by atoms with E-state index in [1.165, 1.54) is 6.26 Å². The van der Waals surface area contributed by atoms with E-state index in [1.54, 1.807) is 35.1 Å². The Bertz CT molecular complexity index is 1390. The molecule has 0 aliphatic rings. The quantitative estimate of drug-likeness (QED) is 0.451. The summed E-state index contributed by atoms with van der Waals surface area (Å²) in [5, 5.41) is 7.76. The minimum absolute atomic E-state index is 0.246. The first-order valence-corrected chi connectivity index (χ1v) is 12.4. The largest absolute Gasteiger partial charge is 0.345 e. The van der Waals surface area contributed by atoms with Gasteiger partial charge in [0.25, 0.3) is 5.91 Å². The molecule has 0 radical (unpaired) electrons. The van der Waals surface area contributed by atoms with E-state index in [0.717, 1.165) is 22.4 Å². The summed E-state index contributed by atoms with van der Waals surface area (Å²) < 4.78 is 25.1. The van der Waals surface area contributed by atoms with E-state index in [2.05, 4.69) is 5.32 Å². The number of hydrogen-bond donors (Lipinski definition) is 1. The van der Waals surface area contributed by atoms with Gasteiger partial charge in [0, 0.05) is 18.0 Å². The van der Waals surface area contributed by atoms with E-state index in [0.29, 0.717) is 11.3 Å². The van der Waals surface area contributed by atoms with Crippen LogP contribution in [0.15, 0.2) is 90.0 Å². The summed E-state index contributed by atoms with van der Waals surface area (Å²) in [6.07, 6.45) is 2.91. The number of benzene rings is 3.